The molecule has 96 valence electrons. The van der Waals surface area contributed by atoms with Crippen molar-refractivity contribution in [2.24, 2.45) is 5.18 Å². The van der Waals surface area contributed by atoms with Gasteiger partial charge in [0, 0.05) is 11.4 Å². The van der Waals surface area contributed by atoms with Gasteiger partial charge < -0.3 is 4.79 Å². The van der Waals surface area contributed by atoms with Crippen LogP contribution in [0, 0.1) is 4.91 Å². The number of nitroso groups, excluding NO2 is 1. The summed E-state index contributed by atoms with van der Waals surface area (Å²) in [6.45, 7) is 0. The summed E-state index contributed by atoms with van der Waals surface area (Å²) in [5.74, 6) is 0. The number of halogens is 1. The Bertz CT molecular complexity index is 653. The zero-order valence-electron chi connectivity index (χ0n) is 9.49. The smallest absolute Gasteiger partial charge is 0.172 e. The predicted molar refractivity (Wildman–Crippen MR) is 67.0 cm³/mol. The SMILES string of the molecule is O=CCc1c(C=O)nnn1-c1cc(Cl)ccc1N=O. The molecule has 2 rings (SSSR count). The minimum absolute atomic E-state index is 0.0314. The molecule has 2 aromatic rings. The summed E-state index contributed by atoms with van der Waals surface area (Å²) in [5, 5.41) is 10.6. The van der Waals surface area contributed by atoms with E-state index < -0.39 is 0 Å². The first-order valence-electron chi connectivity index (χ1n) is 5.18. The minimum Gasteiger partial charge on any atom is -0.303 e. The molecule has 0 atom stereocenters. The molecule has 1 aromatic carbocycles. The molecule has 0 spiro atoms. The Hall–Kier alpha value is -2.41. The van der Waals surface area contributed by atoms with E-state index >= 15 is 0 Å². The van der Waals surface area contributed by atoms with E-state index in [4.69, 9.17) is 11.6 Å². The summed E-state index contributed by atoms with van der Waals surface area (Å²) in [6.07, 6.45) is 1.04. The Kier molecular flexibility index (Phi) is 3.76. The van der Waals surface area contributed by atoms with Crippen LogP contribution in [0.4, 0.5) is 5.69 Å². The van der Waals surface area contributed by atoms with Crippen LogP contribution in [0.3, 0.4) is 0 Å². The van der Waals surface area contributed by atoms with Crippen LogP contribution in [0.1, 0.15) is 16.2 Å². The van der Waals surface area contributed by atoms with Gasteiger partial charge in [0.15, 0.2) is 6.29 Å². The highest BCUT2D eigenvalue weighted by molar-refractivity contribution is 6.30. The molecule has 0 aliphatic rings. The number of nitrogens with zero attached hydrogens (tertiary/aromatic N) is 4. The van der Waals surface area contributed by atoms with Gasteiger partial charge in [-0.15, -0.1) is 10.0 Å². The fourth-order valence-corrected chi connectivity index (χ4v) is 1.78. The summed E-state index contributed by atoms with van der Waals surface area (Å²) in [6, 6.07) is 4.37. The van der Waals surface area contributed by atoms with Crippen molar-refractivity contribution in [1.29, 1.82) is 0 Å². The van der Waals surface area contributed by atoms with Crippen molar-refractivity contribution in [3.05, 3.63) is 39.5 Å². The molecule has 0 aliphatic heterocycles. The molecule has 0 bridgehead atoms. The highest BCUT2D eigenvalue weighted by Gasteiger charge is 2.16. The largest absolute Gasteiger partial charge is 0.303 e. The quantitative estimate of drug-likeness (QED) is 0.614. The minimum atomic E-state index is -0.0636. The van der Waals surface area contributed by atoms with E-state index in [0.717, 1.165) is 0 Å². The molecular weight excluding hydrogens is 272 g/mol. The predicted octanol–water partition coefficient (Wildman–Crippen LogP) is 1.87. The third-order valence-corrected chi connectivity index (χ3v) is 2.68. The molecular formula is C11H7ClN4O3. The molecule has 0 N–H and O–H groups in total. The molecule has 1 heterocycles. The number of aromatic nitrogens is 3. The Morgan fingerprint density at radius 1 is 1.37 bits per heavy atom. The number of carbonyl (C=O) groups excluding carboxylic acids is 2. The van der Waals surface area contributed by atoms with Crippen molar-refractivity contribution in [3.8, 4) is 5.69 Å². The molecule has 0 radical (unpaired) electrons. The molecule has 7 nitrogen and oxygen atoms in total. The molecule has 19 heavy (non-hydrogen) atoms. The van der Waals surface area contributed by atoms with Crippen LogP contribution in [-0.2, 0) is 11.2 Å². The first-order chi connectivity index (χ1) is 9.21. The monoisotopic (exact) mass is 278 g/mol. The van der Waals surface area contributed by atoms with Gasteiger partial charge in [-0.3, -0.25) is 4.79 Å². The summed E-state index contributed by atoms with van der Waals surface area (Å²) in [5.41, 5.74) is 0.653. The van der Waals surface area contributed by atoms with Crippen LogP contribution in [-0.4, -0.2) is 27.6 Å². The first-order valence-corrected chi connectivity index (χ1v) is 5.55. The fraction of sp³-hybridized carbons (Fsp3) is 0.0909. The van der Waals surface area contributed by atoms with E-state index in [2.05, 4.69) is 15.5 Å². The van der Waals surface area contributed by atoms with Gasteiger partial charge in [-0.25, -0.2) is 4.68 Å². The van der Waals surface area contributed by atoms with Gasteiger partial charge in [0.25, 0.3) is 0 Å². The van der Waals surface area contributed by atoms with Crippen molar-refractivity contribution in [2.75, 3.05) is 0 Å². The van der Waals surface area contributed by atoms with Crippen LogP contribution >= 0.6 is 11.6 Å². The van der Waals surface area contributed by atoms with Gasteiger partial charge in [0.1, 0.15) is 17.7 Å². The van der Waals surface area contributed by atoms with Gasteiger partial charge in [0.2, 0.25) is 0 Å². The molecule has 0 amide bonds. The first kappa shape index (κ1) is 13.0. The second-order valence-electron chi connectivity index (χ2n) is 3.55. The van der Waals surface area contributed by atoms with Gasteiger partial charge in [-0.2, -0.15) is 0 Å². The molecule has 1 aromatic heterocycles. The van der Waals surface area contributed by atoms with Crippen LogP contribution in [0.25, 0.3) is 5.69 Å². The van der Waals surface area contributed by atoms with Gasteiger partial charge in [0.05, 0.1) is 11.4 Å². The number of hydrogen-bond donors (Lipinski definition) is 0. The van der Waals surface area contributed by atoms with E-state index in [1.165, 1.54) is 22.9 Å². The lowest BCUT2D eigenvalue weighted by Gasteiger charge is -2.06. The topological polar surface area (TPSA) is 94.3 Å². The average molecular weight is 279 g/mol. The van der Waals surface area contributed by atoms with Crippen molar-refractivity contribution in [2.45, 2.75) is 6.42 Å². The Morgan fingerprint density at radius 3 is 2.79 bits per heavy atom. The number of carbonyl (C=O) groups is 2. The molecule has 0 aliphatic carbocycles. The third-order valence-electron chi connectivity index (χ3n) is 2.45. The summed E-state index contributed by atoms with van der Waals surface area (Å²) in [7, 11) is 0. The zero-order valence-corrected chi connectivity index (χ0v) is 10.2. The van der Waals surface area contributed by atoms with Crippen LogP contribution in [0.2, 0.25) is 5.02 Å². The molecule has 0 unspecified atom stereocenters. The highest BCUT2D eigenvalue weighted by atomic mass is 35.5. The average Bonchev–Trinajstić information content (AvgIpc) is 2.82. The second-order valence-corrected chi connectivity index (χ2v) is 3.98. The van der Waals surface area contributed by atoms with Gasteiger partial charge in [-0.1, -0.05) is 16.8 Å². The standard InChI is InChI=1S/C11H7ClN4O3/c12-7-1-2-8(14-19)11(5-7)16-10(3-4-17)9(6-18)13-15-16/h1-2,4-6H,3H2. The maximum Gasteiger partial charge on any atom is 0.172 e. The van der Waals surface area contributed by atoms with Crippen molar-refractivity contribution in [3.63, 3.8) is 0 Å². The van der Waals surface area contributed by atoms with E-state index in [1.807, 2.05) is 0 Å². The van der Waals surface area contributed by atoms with Gasteiger partial charge in [-0.05, 0) is 23.4 Å². The lowest BCUT2D eigenvalue weighted by Crippen LogP contribution is -2.05. The second kappa shape index (κ2) is 5.49. The van der Waals surface area contributed by atoms with Crippen molar-refractivity contribution >= 4 is 29.9 Å². The van der Waals surface area contributed by atoms with Crippen molar-refractivity contribution in [1.82, 2.24) is 15.0 Å². The Balaban J connectivity index is 2.67. The van der Waals surface area contributed by atoms with E-state index in [-0.39, 0.29) is 29.2 Å². The van der Waals surface area contributed by atoms with Crippen molar-refractivity contribution < 1.29 is 9.59 Å². The molecule has 8 heteroatoms. The fourth-order valence-electron chi connectivity index (χ4n) is 1.61. The lowest BCUT2D eigenvalue weighted by atomic mass is 10.2. The van der Waals surface area contributed by atoms with Crippen LogP contribution < -0.4 is 0 Å². The van der Waals surface area contributed by atoms with Crippen LogP contribution in [0.15, 0.2) is 23.4 Å². The van der Waals surface area contributed by atoms with E-state index in [0.29, 0.717) is 17.6 Å². The number of hydrogen-bond acceptors (Lipinski definition) is 6. The third kappa shape index (κ3) is 2.41. The lowest BCUT2D eigenvalue weighted by molar-refractivity contribution is -0.107. The Morgan fingerprint density at radius 2 is 2.16 bits per heavy atom. The van der Waals surface area contributed by atoms with E-state index in [9.17, 15) is 14.5 Å². The zero-order chi connectivity index (χ0) is 13.8. The number of benzene rings is 1. The summed E-state index contributed by atoms with van der Waals surface area (Å²) in [4.78, 5) is 32.2. The Labute approximate surface area is 112 Å². The normalized spacial score (nSPS) is 10.2. The molecule has 0 fully saturated rings. The van der Waals surface area contributed by atoms with Gasteiger partial charge >= 0.3 is 0 Å². The number of rotatable bonds is 5. The maximum absolute atomic E-state index is 10.8. The molecule has 0 saturated carbocycles. The van der Waals surface area contributed by atoms with Crippen LogP contribution in [0.5, 0.6) is 0 Å². The summed E-state index contributed by atoms with van der Waals surface area (Å²) < 4.78 is 1.21. The maximum atomic E-state index is 10.8. The summed E-state index contributed by atoms with van der Waals surface area (Å²) >= 11 is 5.85. The van der Waals surface area contributed by atoms with E-state index in [1.54, 1.807) is 0 Å². The molecule has 0 saturated heterocycles. The number of aldehydes is 2. The highest BCUT2D eigenvalue weighted by Crippen LogP contribution is 2.27.